The first-order chi connectivity index (χ1) is 7.00. The van der Waals surface area contributed by atoms with Gasteiger partial charge in [-0.2, -0.15) is 0 Å². The topological polar surface area (TPSA) is 95.4 Å². The Labute approximate surface area is 84.8 Å². The Morgan fingerprint density at radius 3 is 2.60 bits per heavy atom. The number of rotatable bonds is 3. The van der Waals surface area contributed by atoms with Gasteiger partial charge in [-0.15, -0.1) is 0 Å². The SMILES string of the molecule is NC(=O)COC(=O)c1ccc(F)c(N)c1. The number of nitrogen functional groups attached to an aromatic ring is 1. The van der Waals surface area contributed by atoms with Crippen LogP contribution in [-0.4, -0.2) is 18.5 Å². The van der Waals surface area contributed by atoms with E-state index in [1.807, 2.05) is 0 Å². The van der Waals surface area contributed by atoms with Gasteiger partial charge in [0.15, 0.2) is 6.61 Å². The van der Waals surface area contributed by atoms with E-state index in [1.165, 1.54) is 6.07 Å². The van der Waals surface area contributed by atoms with E-state index in [1.54, 1.807) is 0 Å². The van der Waals surface area contributed by atoms with Crippen molar-refractivity contribution in [2.45, 2.75) is 0 Å². The van der Waals surface area contributed by atoms with Crippen LogP contribution in [0.5, 0.6) is 0 Å². The van der Waals surface area contributed by atoms with Crippen LogP contribution in [0.4, 0.5) is 10.1 Å². The summed E-state index contributed by atoms with van der Waals surface area (Å²) in [7, 11) is 0. The first-order valence-electron chi connectivity index (χ1n) is 4.01. The van der Waals surface area contributed by atoms with Crippen LogP contribution in [0, 0.1) is 5.82 Å². The minimum absolute atomic E-state index is 0.0650. The van der Waals surface area contributed by atoms with Gasteiger partial charge in [-0.25, -0.2) is 9.18 Å². The van der Waals surface area contributed by atoms with Gasteiger partial charge in [-0.3, -0.25) is 4.79 Å². The van der Waals surface area contributed by atoms with Gasteiger partial charge in [0.25, 0.3) is 5.91 Å². The number of carbonyl (C=O) groups is 2. The summed E-state index contributed by atoms with van der Waals surface area (Å²) >= 11 is 0. The zero-order chi connectivity index (χ0) is 11.4. The maximum absolute atomic E-state index is 12.7. The molecular formula is C9H9FN2O3. The van der Waals surface area contributed by atoms with Gasteiger partial charge in [0.1, 0.15) is 5.82 Å². The van der Waals surface area contributed by atoms with E-state index in [4.69, 9.17) is 11.5 Å². The molecule has 0 unspecified atom stereocenters. The van der Waals surface area contributed by atoms with Gasteiger partial charge < -0.3 is 16.2 Å². The third-order valence-electron chi connectivity index (χ3n) is 1.58. The second-order valence-electron chi connectivity index (χ2n) is 2.78. The van der Waals surface area contributed by atoms with E-state index >= 15 is 0 Å². The first-order valence-corrected chi connectivity index (χ1v) is 4.01. The Morgan fingerprint density at radius 2 is 2.07 bits per heavy atom. The third-order valence-corrected chi connectivity index (χ3v) is 1.58. The molecule has 0 spiro atoms. The highest BCUT2D eigenvalue weighted by atomic mass is 19.1. The molecule has 0 heterocycles. The van der Waals surface area contributed by atoms with Crippen molar-refractivity contribution in [1.82, 2.24) is 0 Å². The highest BCUT2D eigenvalue weighted by Crippen LogP contribution is 2.12. The number of benzene rings is 1. The molecule has 6 heteroatoms. The summed E-state index contributed by atoms with van der Waals surface area (Å²) in [5, 5.41) is 0. The van der Waals surface area contributed by atoms with E-state index in [2.05, 4.69) is 4.74 Å². The summed E-state index contributed by atoms with van der Waals surface area (Å²) in [5.74, 6) is -2.17. The number of ether oxygens (including phenoxy) is 1. The first kappa shape index (κ1) is 11.0. The molecule has 0 aliphatic carbocycles. The Balaban J connectivity index is 2.74. The standard InChI is InChI=1S/C9H9FN2O3/c10-6-2-1-5(3-7(6)11)9(14)15-4-8(12)13/h1-3H,4,11H2,(H2,12,13). The fourth-order valence-corrected chi connectivity index (χ4v) is 0.891. The Morgan fingerprint density at radius 1 is 1.40 bits per heavy atom. The van der Waals surface area contributed by atoms with Gasteiger partial charge in [-0.1, -0.05) is 0 Å². The van der Waals surface area contributed by atoms with E-state index in [9.17, 15) is 14.0 Å². The molecule has 0 radical (unpaired) electrons. The highest BCUT2D eigenvalue weighted by Gasteiger charge is 2.10. The summed E-state index contributed by atoms with van der Waals surface area (Å²) in [6.45, 7) is -0.518. The molecule has 1 rings (SSSR count). The lowest BCUT2D eigenvalue weighted by atomic mass is 10.2. The number of carbonyl (C=O) groups excluding carboxylic acids is 2. The number of hydrogen-bond acceptors (Lipinski definition) is 4. The van der Waals surface area contributed by atoms with Crippen molar-refractivity contribution in [2.75, 3.05) is 12.3 Å². The van der Waals surface area contributed by atoms with Gasteiger partial charge >= 0.3 is 5.97 Å². The average Bonchev–Trinajstić information content (AvgIpc) is 2.18. The average molecular weight is 212 g/mol. The quantitative estimate of drug-likeness (QED) is 0.546. The summed E-state index contributed by atoms with van der Waals surface area (Å²) in [5.41, 5.74) is 9.91. The zero-order valence-electron chi connectivity index (χ0n) is 7.70. The number of hydrogen-bond donors (Lipinski definition) is 2. The van der Waals surface area contributed by atoms with Crippen molar-refractivity contribution in [1.29, 1.82) is 0 Å². The number of amides is 1. The molecule has 1 aromatic rings. The molecule has 15 heavy (non-hydrogen) atoms. The Bertz CT molecular complexity index is 406. The van der Waals surface area contributed by atoms with Crippen molar-refractivity contribution in [3.05, 3.63) is 29.6 Å². The Kier molecular flexibility index (Phi) is 3.22. The minimum atomic E-state index is -0.777. The highest BCUT2D eigenvalue weighted by molar-refractivity contribution is 5.91. The summed E-state index contributed by atoms with van der Waals surface area (Å²) in [6, 6.07) is 3.36. The smallest absolute Gasteiger partial charge is 0.338 e. The van der Waals surface area contributed by atoms with Gasteiger partial charge in [-0.05, 0) is 18.2 Å². The molecule has 0 atom stereocenters. The number of halogens is 1. The van der Waals surface area contributed by atoms with Crippen LogP contribution < -0.4 is 11.5 Å². The molecule has 0 aliphatic heterocycles. The molecule has 5 nitrogen and oxygen atoms in total. The van der Waals surface area contributed by atoms with Crippen LogP contribution in [0.1, 0.15) is 10.4 Å². The maximum atomic E-state index is 12.7. The number of anilines is 1. The van der Waals surface area contributed by atoms with Crippen LogP contribution in [0.3, 0.4) is 0 Å². The lowest BCUT2D eigenvalue weighted by molar-refractivity contribution is -0.121. The monoisotopic (exact) mass is 212 g/mol. The molecule has 0 aromatic heterocycles. The Hall–Kier alpha value is -2.11. The predicted molar refractivity (Wildman–Crippen MR) is 50.3 cm³/mol. The van der Waals surface area contributed by atoms with Crippen LogP contribution >= 0.6 is 0 Å². The lowest BCUT2D eigenvalue weighted by Gasteiger charge is -2.03. The molecule has 0 aliphatic rings. The van der Waals surface area contributed by atoms with Crippen LogP contribution in [0.25, 0.3) is 0 Å². The van der Waals surface area contributed by atoms with Crippen molar-refractivity contribution in [3.8, 4) is 0 Å². The molecule has 0 bridgehead atoms. The van der Waals surface area contributed by atoms with Gasteiger partial charge in [0.2, 0.25) is 0 Å². The van der Waals surface area contributed by atoms with E-state index in [0.717, 1.165) is 12.1 Å². The zero-order valence-corrected chi connectivity index (χ0v) is 7.70. The maximum Gasteiger partial charge on any atom is 0.338 e. The normalized spacial score (nSPS) is 9.67. The second-order valence-corrected chi connectivity index (χ2v) is 2.78. The van der Waals surface area contributed by atoms with Gasteiger partial charge in [0, 0.05) is 0 Å². The predicted octanol–water partition coefficient (Wildman–Crippen LogP) is 0.0500. The third kappa shape index (κ3) is 2.94. The molecule has 0 saturated carbocycles. The second kappa shape index (κ2) is 4.41. The fraction of sp³-hybridized carbons (Fsp3) is 0.111. The molecule has 80 valence electrons. The molecule has 0 saturated heterocycles. The minimum Gasteiger partial charge on any atom is -0.452 e. The lowest BCUT2D eigenvalue weighted by Crippen LogP contribution is -2.21. The van der Waals surface area contributed by atoms with E-state index in [0.29, 0.717) is 0 Å². The van der Waals surface area contributed by atoms with Crippen molar-refractivity contribution in [3.63, 3.8) is 0 Å². The number of primary amides is 1. The van der Waals surface area contributed by atoms with Crippen LogP contribution in [0.2, 0.25) is 0 Å². The molecule has 4 N–H and O–H groups in total. The molecule has 0 fully saturated rings. The van der Waals surface area contributed by atoms with Crippen molar-refractivity contribution in [2.24, 2.45) is 5.73 Å². The largest absolute Gasteiger partial charge is 0.452 e. The van der Waals surface area contributed by atoms with Crippen molar-refractivity contribution >= 4 is 17.6 Å². The van der Waals surface area contributed by atoms with E-state index < -0.39 is 24.3 Å². The summed E-state index contributed by atoms with van der Waals surface area (Å²) < 4.78 is 17.2. The molecule has 1 amide bonds. The fourth-order valence-electron chi connectivity index (χ4n) is 0.891. The van der Waals surface area contributed by atoms with Crippen LogP contribution in [0.15, 0.2) is 18.2 Å². The van der Waals surface area contributed by atoms with E-state index in [-0.39, 0.29) is 11.3 Å². The summed E-state index contributed by atoms with van der Waals surface area (Å²) in [4.78, 5) is 21.5. The molecule has 1 aromatic carbocycles. The molecular weight excluding hydrogens is 203 g/mol. The summed E-state index contributed by atoms with van der Waals surface area (Å²) in [6.07, 6.45) is 0. The van der Waals surface area contributed by atoms with Crippen LogP contribution in [-0.2, 0) is 9.53 Å². The van der Waals surface area contributed by atoms with Gasteiger partial charge in [0.05, 0.1) is 11.3 Å². The number of esters is 1. The number of nitrogens with two attached hydrogens (primary N) is 2. The van der Waals surface area contributed by atoms with Crippen molar-refractivity contribution < 1.29 is 18.7 Å².